The molecule has 0 saturated carbocycles. The van der Waals surface area contributed by atoms with Gasteiger partial charge in [-0.15, -0.1) is 0 Å². The van der Waals surface area contributed by atoms with E-state index in [-0.39, 0.29) is 6.61 Å². The molecule has 2 N–H and O–H groups in total. The molecule has 1 atom stereocenters. The van der Waals surface area contributed by atoms with Gasteiger partial charge >= 0.3 is 0 Å². The van der Waals surface area contributed by atoms with Crippen LogP contribution in [0.2, 0.25) is 5.02 Å². The molecule has 6 nitrogen and oxygen atoms in total. The van der Waals surface area contributed by atoms with Crippen molar-refractivity contribution in [3.05, 3.63) is 57.5 Å². The summed E-state index contributed by atoms with van der Waals surface area (Å²) < 4.78 is 11.6. The van der Waals surface area contributed by atoms with Crippen LogP contribution in [0.4, 0.5) is 0 Å². The van der Waals surface area contributed by atoms with Crippen molar-refractivity contribution < 1.29 is 19.1 Å². The van der Waals surface area contributed by atoms with Crippen molar-refractivity contribution in [1.29, 1.82) is 0 Å². The van der Waals surface area contributed by atoms with Crippen molar-refractivity contribution in [3.63, 3.8) is 0 Å². The van der Waals surface area contributed by atoms with Crippen LogP contribution < -0.4 is 20.3 Å². The van der Waals surface area contributed by atoms with Crippen molar-refractivity contribution in [1.82, 2.24) is 10.9 Å². The van der Waals surface area contributed by atoms with Crippen molar-refractivity contribution in [2.45, 2.75) is 20.0 Å². The van der Waals surface area contributed by atoms with E-state index in [0.29, 0.717) is 21.0 Å². The zero-order chi connectivity index (χ0) is 19.1. The molecule has 0 aliphatic heterocycles. The third-order valence-electron chi connectivity index (χ3n) is 3.34. The lowest BCUT2D eigenvalue weighted by Crippen LogP contribution is -2.48. The molecule has 2 aromatic carbocycles. The summed E-state index contributed by atoms with van der Waals surface area (Å²) in [5.41, 5.74) is 5.50. The average molecular weight is 442 g/mol. The quantitative estimate of drug-likeness (QED) is 0.674. The monoisotopic (exact) mass is 440 g/mol. The van der Waals surface area contributed by atoms with Crippen LogP contribution >= 0.6 is 27.5 Å². The third kappa shape index (κ3) is 5.93. The van der Waals surface area contributed by atoms with Gasteiger partial charge in [0.1, 0.15) is 11.5 Å². The van der Waals surface area contributed by atoms with Crippen molar-refractivity contribution >= 4 is 39.3 Å². The van der Waals surface area contributed by atoms with Crippen molar-refractivity contribution in [2.75, 3.05) is 6.61 Å². The Morgan fingerprint density at radius 1 is 1.15 bits per heavy atom. The van der Waals surface area contributed by atoms with Crippen molar-refractivity contribution in [3.8, 4) is 11.5 Å². The molecule has 2 rings (SSSR count). The molecule has 0 aliphatic rings. The first kappa shape index (κ1) is 20.1. The highest BCUT2D eigenvalue weighted by atomic mass is 79.9. The SMILES string of the molecule is Cc1ccccc1OCC(=O)NNC(=O)C(C)Oc1ccc(Cl)cc1Br. The van der Waals surface area contributed by atoms with E-state index >= 15 is 0 Å². The van der Waals surface area contributed by atoms with Crippen LogP contribution in [0.25, 0.3) is 0 Å². The van der Waals surface area contributed by atoms with Gasteiger partial charge in [-0.25, -0.2) is 0 Å². The van der Waals surface area contributed by atoms with Gasteiger partial charge in [-0.2, -0.15) is 0 Å². The molecule has 0 spiro atoms. The highest BCUT2D eigenvalue weighted by Crippen LogP contribution is 2.28. The number of hydrogen-bond acceptors (Lipinski definition) is 4. The van der Waals surface area contributed by atoms with Crippen LogP contribution in [0.5, 0.6) is 11.5 Å². The fourth-order valence-electron chi connectivity index (χ4n) is 1.95. The van der Waals surface area contributed by atoms with E-state index in [4.69, 9.17) is 21.1 Å². The Balaban J connectivity index is 1.78. The van der Waals surface area contributed by atoms with Gasteiger partial charge in [0.15, 0.2) is 12.7 Å². The summed E-state index contributed by atoms with van der Waals surface area (Å²) in [5.74, 6) is 0.0853. The summed E-state index contributed by atoms with van der Waals surface area (Å²) in [7, 11) is 0. The maximum Gasteiger partial charge on any atom is 0.279 e. The first-order valence-corrected chi connectivity index (χ1v) is 8.92. The molecule has 0 aliphatic carbocycles. The summed E-state index contributed by atoms with van der Waals surface area (Å²) in [6.45, 7) is 3.22. The average Bonchev–Trinajstić information content (AvgIpc) is 2.61. The predicted octanol–water partition coefficient (Wildman–Crippen LogP) is 3.40. The Kier molecular flexibility index (Phi) is 7.29. The van der Waals surface area contributed by atoms with Gasteiger partial charge in [-0.3, -0.25) is 20.4 Å². The molecular formula is C18H18BrClN2O4. The van der Waals surface area contributed by atoms with Crippen LogP contribution in [-0.2, 0) is 9.59 Å². The number of hydrazine groups is 1. The van der Waals surface area contributed by atoms with E-state index in [0.717, 1.165) is 5.56 Å². The molecule has 26 heavy (non-hydrogen) atoms. The maximum absolute atomic E-state index is 12.0. The van der Waals surface area contributed by atoms with Gasteiger partial charge in [0, 0.05) is 5.02 Å². The lowest BCUT2D eigenvalue weighted by Gasteiger charge is -2.16. The van der Waals surface area contributed by atoms with E-state index in [1.54, 1.807) is 31.2 Å². The first-order chi connectivity index (χ1) is 12.4. The number of halogens is 2. The van der Waals surface area contributed by atoms with Gasteiger partial charge in [-0.05, 0) is 59.6 Å². The Labute approximate surface area is 164 Å². The molecule has 2 aromatic rings. The van der Waals surface area contributed by atoms with Gasteiger partial charge in [-0.1, -0.05) is 29.8 Å². The fraction of sp³-hybridized carbons (Fsp3) is 0.222. The van der Waals surface area contributed by atoms with Crippen molar-refractivity contribution in [2.24, 2.45) is 0 Å². The number of benzene rings is 2. The second kappa shape index (κ2) is 9.45. The maximum atomic E-state index is 12.0. The molecule has 8 heteroatoms. The molecule has 0 saturated heterocycles. The number of ether oxygens (including phenoxy) is 2. The smallest absolute Gasteiger partial charge is 0.279 e. The predicted molar refractivity (Wildman–Crippen MR) is 102 cm³/mol. The summed E-state index contributed by atoms with van der Waals surface area (Å²) in [6.07, 6.45) is -0.829. The molecular weight excluding hydrogens is 424 g/mol. The standard InChI is InChI=1S/C18H18BrClN2O4/c1-11-5-3-4-6-15(11)25-10-17(23)21-22-18(24)12(2)26-16-8-7-13(20)9-14(16)19/h3-9,12H,10H2,1-2H3,(H,21,23)(H,22,24). The number of aryl methyl sites for hydroxylation is 1. The van der Waals surface area contributed by atoms with E-state index in [9.17, 15) is 9.59 Å². The molecule has 138 valence electrons. The van der Waals surface area contributed by atoms with Crippen LogP contribution in [-0.4, -0.2) is 24.5 Å². The normalized spacial score (nSPS) is 11.4. The van der Waals surface area contributed by atoms with E-state index in [2.05, 4.69) is 26.8 Å². The van der Waals surface area contributed by atoms with E-state index in [1.807, 2.05) is 25.1 Å². The minimum Gasteiger partial charge on any atom is -0.483 e. The third-order valence-corrected chi connectivity index (χ3v) is 4.20. The van der Waals surface area contributed by atoms with Gasteiger partial charge < -0.3 is 9.47 Å². The molecule has 0 fully saturated rings. The molecule has 0 aromatic heterocycles. The lowest BCUT2D eigenvalue weighted by molar-refractivity contribution is -0.133. The Bertz CT molecular complexity index is 801. The number of carbonyl (C=O) groups is 2. The molecule has 0 bridgehead atoms. The zero-order valence-corrected chi connectivity index (χ0v) is 16.6. The highest BCUT2D eigenvalue weighted by Gasteiger charge is 2.17. The molecule has 1 unspecified atom stereocenters. The number of para-hydroxylation sites is 1. The number of carbonyl (C=O) groups excluding carboxylic acids is 2. The molecule has 0 radical (unpaired) electrons. The van der Waals surface area contributed by atoms with Crippen LogP contribution in [0, 0.1) is 6.92 Å². The second-order valence-electron chi connectivity index (χ2n) is 5.43. The van der Waals surface area contributed by atoms with Crippen LogP contribution in [0.15, 0.2) is 46.9 Å². The van der Waals surface area contributed by atoms with Crippen LogP contribution in [0.1, 0.15) is 12.5 Å². The Morgan fingerprint density at radius 2 is 1.88 bits per heavy atom. The largest absolute Gasteiger partial charge is 0.483 e. The number of hydrogen-bond donors (Lipinski definition) is 2. The number of amides is 2. The highest BCUT2D eigenvalue weighted by molar-refractivity contribution is 9.10. The van der Waals surface area contributed by atoms with Gasteiger partial charge in [0.2, 0.25) is 0 Å². The van der Waals surface area contributed by atoms with Crippen LogP contribution in [0.3, 0.4) is 0 Å². The first-order valence-electron chi connectivity index (χ1n) is 7.75. The summed E-state index contributed by atoms with van der Waals surface area (Å²) in [6, 6.07) is 12.3. The Hall–Kier alpha value is -2.25. The molecule has 0 heterocycles. The fourth-order valence-corrected chi connectivity index (χ4v) is 2.72. The van der Waals surface area contributed by atoms with E-state index < -0.39 is 17.9 Å². The summed E-state index contributed by atoms with van der Waals surface area (Å²) in [5, 5.41) is 0.544. The van der Waals surface area contributed by atoms with E-state index in [1.165, 1.54) is 0 Å². The Morgan fingerprint density at radius 3 is 2.58 bits per heavy atom. The zero-order valence-electron chi connectivity index (χ0n) is 14.2. The van der Waals surface area contributed by atoms with Gasteiger partial charge in [0.05, 0.1) is 4.47 Å². The summed E-state index contributed by atoms with van der Waals surface area (Å²) >= 11 is 9.17. The number of rotatable bonds is 6. The second-order valence-corrected chi connectivity index (χ2v) is 6.72. The molecule has 2 amide bonds. The minimum atomic E-state index is -0.829. The lowest BCUT2D eigenvalue weighted by atomic mass is 10.2. The minimum absolute atomic E-state index is 0.219. The summed E-state index contributed by atoms with van der Waals surface area (Å²) in [4.78, 5) is 23.8. The topological polar surface area (TPSA) is 76.7 Å². The number of nitrogens with one attached hydrogen (secondary N) is 2. The van der Waals surface area contributed by atoms with Gasteiger partial charge in [0.25, 0.3) is 11.8 Å².